The van der Waals surface area contributed by atoms with Gasteiger partial charge in [0.25, 0.3) is 0 Å². The zero-order valence-corrected chi connectivity index (χ0v) is 12.9. The second-order valence-corrected chi connectivity index (χ2v) is 6.80. The minimum absolute atomic E-state index is 0.218. The smallest absolute Gasteiger partial charge is 0.322 e. The van der Waals surface area contributed by atoms with Crippen LogP contribution in [0.15, 0.2) is 42.7 Å². The Morgan fingerprint density at radius 2 is 1.95 bits per heavy atom. The van der Waals surface area contributed by atoms with Gasteiger partial charge in [-0.15, -0.1) is 0 Å². The highest BCUT2D eigenvalue weighted by Gasteiger charge is 2.25. The fraction of sp³-hybridized carbons (Fsp3) is 0.267. The number of rotatable bonds is 4. The van der Waals surface area contributed by atoms with E-state index in [0.29, 0.717) is 0 Å². The Morgan fingerprint density at radius 1 is 1.20 bits per heavy atom. The average Bonchev–Trinajstić information content (AvgIpc) is 2.45. The van der Waals surface area contributed by atoms with Gasteiger partial charge in [-0.05, 0) is 43.7 Å². The van der Waals surface area contributed by atoms with Crippen molar-refractivity contribution in [2.45, 2.75) is 24.8 Å². The van der Waals surface area contributed by atoms with Crippen LogP contribution in [-0.2, 0) is 16.1 Å². The van der Waals surface area contributed by atoms with E-state index < -0.39 is 4.32 Å². The predicted octanol–water partition coefficient (Wildman–Crippen LogP) is 3.36. The number of alkyl halides is 1. The van der Waals surface area contributed by atoms with Gasteiger partial charge in [0.2, 0.25) is 0 Å². The maximum atomic E-state index is 11.7. The molecule has 2 rings (SSSR count). The summed E-state index contributed by atoms with van der Waals surface area (Å²) in [5.74, 6) is -0.298. The Kier molecular flexibility index (Phi) is 4.49. The molecule has 0 saturated heterocycles. The van der Waals surface area contributed by atoms with Crippen molar-refractivity contribution in [2.75, 3.05) is 0 Å². The lowest BCUT2D eigenvalue weighted by Crippen LogP contribution is -2.26. The third-order valence-corrected chi connectivity index (χ3v) is 2.93. The molecule has 0 saturated carbocycles. The summed E-state index contributed by atoms with van der Waals surface area (Å²) in [5.41, 5.74) is 2.43. The number of aromatic nitrogens is 2. The van der Waals surface area contributed by atoms with E-state index in [1.54, 1.807) is 26.2 Å². The Hall–Kier alpha value is -1.75. The number of carbonyl (C=O) groups is 1. The lowest BCUT2D eigenvalue weighted by Gasteiger charge is -2.14. The maximum absolute atomic E-state index is 11.7. The van der Waals surface area contributed by atoms with Crippen molar-refractivity contribution >= 4 is 21.9 Å². The number of carbonyl (C=O) groups excluding carboxylic acids is 1. The zero-order chi connectivity index (χ0) is 14.6. The van der Waals surface area contributed by atoms with Crippen LogP contribution in [0, 0.1) is 0 Å². The highest BCUT2D eigenvalue weighted by molar-refractivity contribution is 9.10. The fourth-order valence-corrected chi connectivity index (χ4v) is 1.65. The highest BCUT2D eigenvalue weighted by Crippen LogP contribution is 2.19. The molecule has 0 spiro atoms. The average molecular weight is 335 g/mol. The molecule has 104 valence electrons. The maximum Gasteiger partial charge on any atom is 0.322 e. The van der Waals surface area contributed by atoms with E-state index in [-0.39, 0.29) is 12.6 Å². The van der Waals surface area contributed by atoms with Crippen LogP contribution in [-0.4, -0.2) is 20.3 Å². The van der Waals surface area contributed by atoms with Gasteiger partial charge >= 0.3 is 5.97 Å². The van der Waals surface area contributed by atoms with Crippen LogP contribution in [0.25, 0.3) is 11.4 Å². The zero-order valence-electron chi connectivity index (χ0n) is 11.3. The Morgan fingerprint density at radius 3 is 2.60 bits per heavy atom. The molecule has 2 aromatic heterocycles. The van der Waals surface area contributed by atoms with Gasteiger partial charge in [-0.3, -0.25) is 14.8 Å². The van der Waals surface area contributed by atoms with Crippen molar-refractivity contribution in [1.29, 1.82) is 0 Å². The van der Waals surface area contributed by atoms with E-state index >= 15 is 0 Å². The summed E-state index contributed by atoms with van der Waals surface area (Å²) < 4.78 is 4.57. The summed E-state index contributed by atoms with van der Waals surface area (Å²) in [7, 11) is 0. The molecule has 2 aromatic rings. The summed E-state index contributed by atoms with van der Waals surface area (Å²) in [4.78, 5) is 20.2. The van der Waals surface area contributed by atoms with E-state index in [1.807, 2.05) is 30.3 Å². The molecule has 0 aromatic carbocycles. The number of hydrogen-bond donors (Lipinski definition) is 0. The third kappa shape index (κ3) is 3.87. The monoisotopic (exact) mass is 334 g/mol. The van der Waals surface area contributed by atoms with Gasteiger partial charge in [0.05, 0.1) is 11.4 Å². The molecule has 0 N–H and O–H groups in total. The quantitative estimate of drug-likeness (QED) is 0.635. The van der Waals surface area contributed by atoms with Crippen LogP contribution in [0.5, 0.6) is 0 Å². The van der Waals surface area contributed by atoms with E-state index in [1.165, 1.54) is 0 Å². The van der Waals surface area contributed by atoms with Crippen LogP contribution in [0.2, 0.25) is 0 Å². The molecular weight excluding hydrogens is 320 g/mol. The fourth-order valence-electron chi connectivity index (χ4n) is 1.54. The van der Waals surface area contributed by atoms with Crippen LogP contribution >= 0.6 is 15.9 Å². The predicted molar refractivity (Wildman–Crippen MR) is 80.3 cm³/mol. The molecule has 0 aliphatic heterocycles. The highest BCUT2D eigenvalue weighted by atomic mass is 79.9. The second-order valence-electron chi connectivity index (χ2n) is 4.81. The molecule has 0 radical (unpaired) electrons. The number of pyridine rings is 2. The van der Waals surface area contributed by atoms with Crippen molar-refractivity contribution in [1.82, 2.24) is 9.97 Å². The first kappa shape index (κ1) is 14.7. The number of halogens is 1. The topological polar surface area (TPSA) is 52.1 Å². The summed E-state index contributed by atoms with van der Waals surface area (Å²) >= 11 is 3.27. The standard InChI is InChI=1S/C15H15BrN2O2/c1-15(2,16)14(19)20-10-11-6-8-18-13(9-11)12-5-3-4-7-17-12/h3-9H,10H2,1-2H3. The van der Waals surface area contributed by atoms with Crippen molar-refractivity contribution in [3.8, 4) is 11.4 Å². The SMILES string of the molecule is CC(C)(Br)C(=O)OCc1ccnc(-c2ccccn2)c1. The number of esters is 1. The second kappa shape index (κ2) is 6.13. The molecule has 0 atom stereocenters. The Balaban J connectivity index is 2.10. The molecule has 5 heteroatoms. The van der Waals surface area contributed by atoms with E-state index in [2.05, 4.69) is 25.9 Å². The van der Waals surface area contributed by atoms with E-state index in [9.17, 15) is 4.79 Å². The largest absolute Gasteiger partial charge is 0.460 e. The molecule has 0 aliphatic rings. The van der Waals surface area contributed by atoms with Crippen molar-refractivity contribution in [3.05, 3.63) is 48.3 Å². The first-order chi connectivity index (χ1) is 9.47. The lowest BCUT2D eigenvalue weighted by atomic mass is 10.2. The molecule has 0 amide bonds. The summed E-state index contributed by atoms with van der Waals surface area (Å²) in [5, 5.41) is 0. The van der Waals surface area contributed by atoms with Gasteiger partial charge < -0.3 is 4.74 Å². The Bertz CT molecular complexity index is 594. The van der Waals surface area contributed by atoms with Gasteiger partial charge in [-0.1, -0.05) is 22.0 Å². The molecule has 4 nitrogen and oxygen atoms in total. The van der Waals surface area contributed by atoms with Gasteiger partial charge in [0.1, 0.15) is 10.9 Å². The molecular formula is C15H15BrN2O2. The Labute approximate surface area is 126 Å². The van der Waals surface area contributed by atoms with Gasteiger partial charge in [-0.25, -0.2) is 0 Å². The molecule has 0 fully saturated rings. The van der Waals surface area contributed by atoms with E-state index in [4.69, 9.17) is 4.74 Å². The normalized spacial score (nSPS) is 11.2. The molecule has 20 heavy (non-hydrogen) atoms. The van der Waals surface area contributed by atoms with Crippen molar-refractivity contribution in [2.24, 2.45) is 0 Å². The van der Waals surface area contributed by atoms with E-state index in [0.717, 1.165) is 17.0 Å². The minimum Gasteiger partial charge on any atom is -0.460 e. The van der Waals surface area contributed by atoms with Crippen LogP contribution in [0.4, 0.5) is 0 Å². The summed E-state index contributed by atoms with van der Waals surface area (Å²) in [6, 6.07) is 9.34. The first-order valence-electron chi connectivity index (χ1n) is 6.19. The summed E-state index contributed by atoms with van der Waals surface area (Å²) in [6.45, 7) is 3.72. The van der Waals surface area contributed by atoms with Crippen LogP contribution in [0.3, 0.4) is 0 Å². The summed E-state index contributed by atoms with van der Waals surface area (Å²) in [6.07, 6.45) is 3.41. The first-order valence-corrected chi connectivity index (χ1v) is 6.98. The molecule has 2 heterocycles. The molecule has 0 aliphatic carbocycles. The minimum atomic E-state index is -0.677. The van der Waals surface area contributed by atoms with Gasteiger partial charge in [-0.2, -0.15) is 0 Å². The third-order valence-electron chi connectivity index (χ3n) is 2.61. The van der Waals surface area contributed by atoms with Gasteiger partial charge in [0, 0.05) is 12.4 Å². The molecule has 0 unspecified atom stereocenters. The number of nitrogens with zero attached hydrogens (tertiary/aromatic N) is 2. The van der Waals surface area contributed by atoms with Gasteiger partial charge in [0.15, 0.2) is 0 Å². The number of hydrogen-bond acceptors (Lipinski definition) is 4. The van der Waals surface area contributed by atoms with Crippen molar-refractivity contribution < 1.29 is 9.53 Å². The number of ether oxygens (including phenoxy) is 1. The van der Waals surface area contributed by atoms with Crippen LogP contribution < -0.4 is 0 Å². The van der Waals surface area contributed by atoms with Crippen LogP contribution in [0.1, 0.15) is 19.4 Å². The molecule has 0 bridgehead atoms. The van der Waals surface area contributed by atoms with Crippen molar-refractivity contribution in [3.63, 3.8) is 0 Å². The lowest BCUT2D eigenvalue weighted by molar-refractivity contribution is -0.146.